The molecule has 2 N–H and O–H groups in total. The molecular weight excluding hydrogens is 371 g/mol. The van der Waals surface area contributed by atoms with E-state index in [2.05, 4.69) is 15.4 Å². The minimum atomic E-state index is -5.08. The Morgan fingerprint density at radius 2 is 1.91 bits per heavy atom. The van der Waals surface area contributed by atoms with Crippen molar-refractivity contribution in [1.29, 1.82) is 0 Å². The van der Waals surface area contributed by atoms with Gasteiger partial charge in [-0.2, -0.15) is 18.2 Å². The maximum absolute atomic E-state index is 12.4. The van der Waals surface area contributed by atoms with Gasteiger partial charge in [-0.3, -0.25) is 10.1 Å². The summed E-state index contributed by atoms with van der Waals surface area (Å²) >= 11 is 10.7. The van der Waals surface area contributed by atoms with Crippen LogP contribution in [0.1, 0.15) is 0 Å². The number of aliphatic carboxylic acids is 1. The van der Waals surface area contributed by atoms with Crippen LogP contribution in [-0.4, -0.2) is 43.4 Å². The molecule has 23 heavy (non-hydrogen) atoms. The van der Waals surface area contributed by atoms with Gasteiger partial charge in [0.15, 0.2) is 5.65 Å². The van der Waals surface area contributed by atoms with E-state index in [1.165, 1.54) is 10.7 Å². The van der Waals surface area contributed by atoms with Gasteiger partial charge in [-0.05, 0) is 12.1 Å². The van der Waals surface area contributed by atoms with Crippen LogP contribution >= 0.6 is 23.2 Å². The molecule has 0 spiro atoms. The molecule has 0 fully saturated rings. The molecule has 0 bridgehead atoms. The molecule has 1 unspecified atom stereocenters. The molecular formula is C10H6Cl2F4N4O3. The molecule has 13 heteroatoms. The van der Waals surface area contributed by atoms with Crippen molar-refractivity contribution in [3.8, 4) is 0 Å². The summed E-state index contributed by atoms with van der Waals surface area (Å²) in [6.07, 6.45) is -3.58. The van der Waals surface area contributed by atoms with Crippen LogP contribution in [0, 0.1) is 0 Å². The molecule has 0 aliphatic rings. The fourth-order valence-corrected chi connectivity index (χ4v) is 1.29. The van der Waals surface area contributed by atoms with Gasteiger partial charge >= 0.3 is 12.1 Å². The lowest BCUT2D eigenvalue weighted by Gasteiger charge is -1.97. The monoisotopic (exact) mass is 376 g/mol. The zero-order valence-electron chi connectivity index (χ0n) is 10.7. The summed E-state index contributed by atoms with van der Waals surface area (Å²) in [4.78, 5) is 23.7. The SMILES string of the molecule is O=C(Nc1nc2ccc(Cl)cn2n1)C(F)Cl.O=C(O)C(F)(F)F. The van der Waals surface area contributed by atoms with E-state index in [-0.39, 0.29) is 5.95 Å². The van der Waals surface area contributed by atoms with Crippen molar-refractivity contribution in [2.24, 2.45) is 0 Å². The van der Waals surface area contributed by atoms with Crippen LogP contribution in [0.15, 0.2) is 18.3 Å². The van der Waals surface area contributed by atoms with Gasteiger partial charge in [-0.15, -0.1) is 5.10 Å². The Labute approximate surface area is 134 Å². The van der Waals surface area contributed by atoms with E-state index in [1.54, 1.807) is 12.1 Å². The van der Waals surface area contributed by atoms with Crippen LogP contribution < -0.4 is 5.32 Å². The number of carbonyl (C=O) groups excluding carboxylic acids is 1. The van der Waals surface area contributed by atoms with E-state index in [9.17, 15) is 22.4 Å². The Bertz CT molecular complexity index is 720. The number of hydrogen-bond acceptors (Lipinski definition) is 4. The second kappa shape index (κ2) is 7.42. The molecule has 2 aromatic rings. The molecule has 126 valence electrons. The van der Waals surface area contributed by atoms with Crippen molar-refractivity contribution in [3.05, 3.63) is 23.4 Å². The van der Waals surface area contributed by atoms with Crippen LogP contribution in [0.3, 0.4) is 0 Å². The molecule has 0 radical (unpaired) electrons. The highest BCUT2D eigenvalue weighted by Crippen LogP contribution is 2.13. The molecule has 2 heterocycles. The fourth-order valence-electron chi connectivity index (χ4n) is 1.08. The number of carbonyl (C=O) groups is 2. The maximum Gasteiger partial charge on any atom is 0.490 e. The molecule has 2 rings (SSSR count). The van der Waals surface area contributed by atoms with Gasteiger partial charge in [-0.25, -0.2) is 13.7 Å². The highest BCUT2D eigenvalue weighted by Gasteiger charge is 2.38. The quantitative estimate of drug-likeness (QED) is 0.619. The largest absolute Gasteiger partial charge is 0.490 e. The normalized spacial score (nSPS) is 12.3. The number of carboxylic acid groups (broad SMARTS) is 1. The first-order valence-electron chi connectivity index (χ1n) is 5.41. The fraction of sp³-hybridized carbons (Fsp3) is 0.200. The highest BCUT2D eigenvalue weighted by molar-refractivity contribution is 6.31. The van der Waals surface area contributed by atoms with Crippen LogP contribution in [0.5, 0.6) is 0 Å². The standard InChI is InChI=1S/C8H5Cl2FN4O.C2HF3O2/c9-4-1-2-5-12-8(14-15(5)3-4)13-7(16)6(10)11;3-2(4,5)1(6)7/h1-3,6H,(H,13,14,16);(H,6,7). The number of pyridine rings is 1. The average Bonchev–Trinajstić information content (AvgIpc) is 2.79. The van der Waals surface area contributed by atoms with Gasteiger partial charge in [0.05, 0.1) is 5.02 Å². The number of aromatic nitrogens is 3. The van der Waals surface area contributed by atoms with Gasteiger partial charge in [0.2, 0.25) is 5.95 Å². The number of halogens is 6. The van der Waals surface area contributed by atoms with Crippen molar-refractivity contribution in [2.45, 2.75) is 11.8 Å². The summed E-state index contributed by atoms with van der Waals surface area (Å²) in [7, 11) is 0. The number of anilines is 1. The maximum atomic E-state index is 12.4. The van der Waals surface area contributed by atoms with Crippen molar-refractivity contribution in [3.63, 3.8) is 0 Å². The van der Waals surface area contributed by atoms with Crippen LogP contribution in [0.2, 0.25) is 5.02 Å². The van der Waals surface area contributed by atoms with Gasteiger partial charge in [0.1, 0.15) is 0 Å². The number of carboxylic acids is 1. The van der Waals surface area contributed by atoms with E-state index in [0.717, 1.165) is 0 Å². The molecule has 1 atom stereocenters. The lowest BCUT2D eigenvalue weighted by atomic mass is 10.5. The average molecular weight is 377 g/mol. The van der Waals surface area contributed by atoms with Gasteiger partial charge < -0.3 is 5.11 Å². The second-order valence-corrected chi connectivity index (χ2v) is 4.50. The summed E-state index contributed by atoms with van der Waals surface area (Å²) in [5, 5.41) is 13.6. The summed E-state index contributed by atoms with van der Waals surface area (Å²) in [6, 6.07) is 3.23. The van der Waals surface area contributed by atoms with E-state index < -0.39 is 23.7 Å². The van der Waals surface area contributed by atoms with Crippen molar-refractivity contribution in [1.82, 2.24) is 14.6 Å². The number of rotatable bonds is 2. The molecule has 7 nitrogen and oxygen atoms in total. The number of nitrogens with zero attached hydrogens (tertiary/aromatic N) is 3. The van der Waals surface area contributed by atoms with Gasteiger partial charge in [-0.1, -0.05) is 23.2 Å². The Hall–Kier alpha value is -2.14. The van der Waals surface area contributed by atoms with Crippen LogP contribution in [0.4, 0.5) is 23.5 Å². The minimum Gasteiger partial charge on any atom is -0.475 e. The minimum absolute atomic E-state index is 0.0319. The zero-order valence-corrected chi connectivity index (χ0v) is 12.2. The molecule has 2 aromatic heterocycles. The number of alkyl halides is 5. The van der Waals surface area contributed by atoms with Crippen molar-refractivity contribution >= 4 is 46.7 Å². The third kappa shape index (κ3) is 5.87. The van der Waals surface area contributed by atoms with E-state index in [4.69, 9.17) is 33.1 Å². The summed E-state index contributed by atoms with van der Waals surface area (Å²) < 4.78 is 45.5. The molecule has 0 aliphatic heterocycles. The molecule has 0 aromatic carbocycles. The summed E-state index contributed by atoms with van der Waals surface area (Å²) in [5.41, 5.74) is -1.65. The lowest BCUT2D eigenvalue weighted by molar-refractivity contribution is -0.192. The summed E-state index contributed by atoms with van der Waals surface area (Å²) in [5.74, 6) is -3.80. The third-order valence-electron chi connectivity index (χ3n) is 1.97. The van der Waals surface area contributed by atoms with Crippen molar-refractivity contribution in [2.75, 3.05) is 5.32 Å². The number of amides is 1. The number of hydrogen-bond donors (Lipinski definition) is 2. The van der Waals surface area contributed by atoms with E-state index in [1.807, 2.05) is 0 Å². The Kier molecular flexibility index (Phi) is 6.10. The first-order chi connectivity index (χ1) is 10.5. The first-order valence-corrected chi connectivity index (χ1v) is 6.23. The highest BCUT2D eigenvalue weighted by atomic mass is 35.5. The summed E-state index contributed by atoms with van der Waals surface area (Å²) in [6.45, 7) is 0. The van der Waals surface area contributed by atoms with E-state index in [0.29, 0.717) is 10.7 Å². The first kappa shape index (κ1) is 18.9. The van der Waals surface area contributed by atoms with Crippen LogP contribution in [0.25, 0.3) is 5.65 Å². The van der Waals surface area contributed by atoms with Crippen LogP contribution in [-0.2, 0) is 9.59 Å². The molecule has 1 amide bonds. The third-order valence-corrected chi connectivity index (χ3v) is 2.39. The van der Waals surface area contributed by atoms with Gasteiger partial charge in [0, 0.05) is 6.20 Å². The molecule has 0 saturated heterocycles. The Balaban J connectivity index is 0.000000322. The number of fused-ring (bicyclic) bond motifs is 1. The zero-order chi connectivity index (χ0) is 17.8. The predicted molar refractivity (Wildman–Crippen MR) is 71.1 cm³/mol. The topological polar surface area (TPSA) is 96.6 Å². The predicted octanol–water partition coefficient (Wildman–Crippen LogP) is 2.49. The Morgan fingerprint density at radius 1 is 1.35 bits per heavy atom. The molecule has 0 aliphatic carbocycles. The molecule has 0 saturated carbocycles. The van der Waals surface area contributed by atoms with Gasteiger partial charge in [0.25, 0.3) is 11.5 Å². The van der Waals surface area contributed by atoms with Crippen molar-refractivity contribution < 1.29 is 32.3 Å². The van der Waals surface area contributed by atoms with E-state index >= 15 is 0 Å². The Morgan fingerprint density at radius 3 is 2.39 bits per heavy atom. The second-order valence-electron chi connectivity index (χ2n) is 3.68. The number of nitrogens with one attached hydrogen (secondary N) is 1. The lowest BCUT2D eigenvalue weighted by Crippen LogP contribution is -2.21. The smallest absolute Gasteiger partial charge is 0.475 e.